The number of piperazine rings is 2. The third-order valence-electron chi connectivity index (χ3n) is 15.3. The summed E-state index contributed by atoms with van der Waals surface area (Å²) in [4.78, 5) is 42.1. The molecule has 15 heteroatoms. The Morgan fingerprint density at radius 3 is 1.57 bits per heavy atom. The molecule has 2 aliphatic heterocycles. The van der Waals surface area contributed by atoms with Gasteiger partial charge in [0, 0.05) is 148 Å². The number of hydrogen-bond donors (Lipinski definition) is 1. The molecule has 75 heavy (non-hydrogen) atoms. The van der Waals surface area contributed by atoms with Crippen molar-refractivity contribution in [2.75, 3.05) is 82.9 Å². The van der Waals surface area contributed by atoms with E-state index in [4.69, 9.17) is 18.5 Å². The third-order valence-corrected chi connectivity index (χ3v) is 15.3. The van der Waals surface area contributed by atoms with Crippen molar-refractivity contribution in [2.24, 2.45) is 14.1 Å². The van der Waals surface area contributed by atoms with Crippen molar-refractivity contribution in [3.63, 3.8) is 0 Å². The zero-order valence-electron chi connectivity index (χ0n) is 44.1. The van der Waals surface area contributed by atoms with Crippen LogP contribution in [0.25, 0.3) is 44.3 Å². The van der Waals surface area contributed by atoms with Gasteiger partial charge in [-0.2, -0.15) is 0 Å². The number of anilines is 2. The second kappa shape index (κ2) is 22.5. The SMILES string of the molecule is COC(=O)c1cn(C)c2cc(N3CCN(CCc4c(-c5ccccc5C)noc4C4CC4)CC3)ccc12.COC(=O)c1cn(C)c2cc(N3CCNCC3)ccc12.Cc1ccccc1-c1noc(C2CC2)c1CC=O. The van der Waals surface area contributed by atoms with E-state index in [1.54, 1.807) is 0 Å². The van der Waals surface area contributed by atoms with E-state index in [2.05, 4.69) is 85.8 Å². The normalized spacial score (nSPS) is 15.8. The van der Waals surface area contributed by atoms with E-state index >= 15 is 0 Å². The van der Waals surface area contributed by atoms with Crippen molar-refractivity contribution in [3.8, 4) is 22.5 Å². The Labute approximate surface area is 438 Å². The summed E-state index contributed by atoms with van der Waals surface area (Å²) in [5.74, 6) is 2.47. The number of aromatic nitrogens is 4. The molecule has 4 aliphatic rings. The number of rotatable bonds is 13. The van der Waals surface area contributed by atoms with Crippen LogP contribution >= 0.6 is 0 Å². The number of ether oxygens (including phenoxy) is 2. The maximum Gasteiger partial charge on any atom is 0.340 e. The molecule has 0 radical (unpaired) electrons. The lowest BCUT2D eigenvalue weighted by Crippen LogP contribution is -2.47. The standard InChI is InChI=1S/C30H34N4O3.C15H19N3O2.C15H15NO2/c1-20-6-4-5-7-23(20)28-25(29(37-31-28)21-8-9-21)12-13-33-14-16-34(17-15-33)22-10-11-24-26(30(35)36-3)19-32(2)27(24)18-22;1-17-10-13(15(19)20-2)12-4-3-11(9-14(12)17)18-7-5-16-6-8-18;1-10-4-2-3-5-12(10)14-13(8-9-17)15(18-16-14)11-6-7-11/h4-7,10-11,18-19,21H,8-9,12-17H2,1-3H3;3-4,9-10,16H,5-8H2,1-2H3;2-5,9,11H,6-8H2,1H3. The summed E-state index contributed by atoms with van der Waals surface area (Å²) in [5, 5.41) is 14.0. The van der Waals surface area contributed by atoms with Crippen molar-refractivity contribution in [3.05, 3.63) is 142 Å². The molecule has 4 fully saturated rings. The van der Waals surface area contributed by atoms with E-state index < -0.39 is 0 Å². The van der Waals surface area contributed by atoms with E-state index in [0.717, 1.165) is 146 Å². The van der Waals surface area contributed by atoms with Crippen LogP contribution in [0.15, 0.2) is 106 Å². The topological polar surface area (TPSA) is 153 Å². The number of esters is 2. The van der Waals surface area contributed by atoms with E-state index in [1.807, 2.05) is 78.9 Å². The van der Waals surface area contributed by atoms with Crippen molar-refractivity contribution >= 4 is 51.4 Å². The van der Waals surface area contributed by atoms with Crippen LogP contribution in [-0.2, 0) is 41.2 Å². The molecule has 4 aromatic heterocycles. The van der Waals surface area contributed by atoms with Gasteiger partial charge in [-0.15, -0.1) is 0 Å². The van der Waals surface area contributed by atoms with Crippen LogP contribution in [0, 0.1) is 13.8 Å². The fourth-order valence-corrected chi connectivity index (χ4v) is 10.7. The molecule has 390 valence electrons. The van der Waals surface area contributed by atoms with Gasteiger partial charge in [0.2, 0.25) is 0 Å². The van der Waals surface area contributed by atoms with E-state index in [-0.39, 0.29) is 11.9 Å². The summed E-state index contributed by atoms with van der Waals surface area (Å²) in [6.07, 6.45) is 10.7. The van der Waals surface area contributed by atoms with Gasteiger partial charge in [-0.05, 0) is 93.5 Å². The average molecular weight is 1010 g/mol. The molecule has 0 amide bonds. The lowest BCUT2D eigenvalue weighted by atomic mass is 9.98. The molecule has 0 unspecified atom stereocenters. The third kappa shape index (κ3) is 11.0. The first kappa shape index (κ1) is 51.0. The number of methoxy groups -OCH3 is 2. The predicted molar refractivity (Wildman–Crippen MR) is 293 cm³/mol. The molecule has 1 N–H and O–H groups in total. The molecular weight excluding hydrogens is 945 g/mol. The minimum absolute atomic E-state index is 0.287. The molecule has 6 heterocycles. The maximum absolute atomic E-state index is 12.1. The molecule has 2 saturated heterocycles. The fourth-order valence-electron chi connectivity index (χ4n) is 10.7. The highest BCUT2D eigenvalue weighted by Crippen LogP contribution is 2.45. The van der Waals surface area contributed by atoms with Gasteiger partial charge in [0.05, 0.1) is 36.4 Å². The van der Waals surface area contributed by atoms with Crippen LogP contribution in [0.3, 0.4) is 0 Å². The summed E-state index contributed by atoms with van der Waals surface area (Å²) in [7, 11) is 6.77. The van der Waals surface area contributed by atoms with Gasteiger partial charge in [-0.1, -0.05) is 58.8 Å². The van der Waals surface area contributed by atoms with Gasteiger partial charge < -0.3 is 47.6 Å². The first-order valence-electron chi connectivity index (χ1n) is 26.3. The number of aryl methyl sites for hydroxylation is 4. The number of fused-ring (bicyclic) bond motifs is 2. The molecule has 0 spiro atoms. The first-order valence-corrected chi connectivity index (χ1v) is 26.3. The summed E-state index contributed by atoms with van der Waals surface area (Å²) < 4.78 is 25.1. The van der Waals surface area contributed by atoms with Crippen LogP contribution in [0.1, 0.15) is 92.0 Å². The summed E-state index contributed by atoms with van der Waals surface area (Å²) in [6, 6.07) is 29.1. The number of benzene rings is 4. The molecular formula is C60H68N8O7. The van der Waals surface area contributed by atoms with Gasteiger partial charge >= 0.3 is 11.9 Å². The Balaban J connectivity index is 0.000000142. The smallest absolute Gasteiger partial charge is 0.340 e. The largest absolute Gasteiger partial charge is 0.465 e. The highest BCUT2D eigenvalue weighted by molar-refractivity contribution is 6.06. The van der Waals surface area contributed by atoms with Crippen molar-refractivity contribution in [1.82, 2.24) is 29.7 Å². The van der Waals surface area contributed by atoms with Crippen LogP contribution < -0.4 is 15.1 Å². The van der Waals surface area contributed by atoms with E-state index in [0.29, 0.717) is 29.4 Å². The Kier molecular flexibility index (Phi) is 15.3. The number of aldehydes is 1. The lowest BCUT2D eigenvalue weighted by Gasteiger charge is -2.36. The van der Waals surface area contributed by atoms with Gasteiger partial charge in [0.1, 0.15) is 29.2 Å². The van der Waals surface area contributed by atoms with E-state index in [1.165, 1.54) is 55.1 Å². The summed E-state index contributed by atoms with van der Waals surface area (Å²) >= 11 is 0. The second-order valence-corrected chi connectivity index (χ2v) is 20.3. The van der Waals surface area contributed by atoms with Gasteiger partial charge in [0.25, 0.3) is 0 Å². The number of carbonyl (C=O) groups excluding carboxylic acids is 3. The number of carbonyl (C=O) groups is 3. The van der Waals surface area contributed by atoms with Gasteiger partial charge in [-0.3, -0.25) is 4.90 Å². The summed E-state index contributed by atoms with van der Waals surface area (Å²) in [5.41, 5.74) is 14.5. The monoisotopic (exact) mass is 1010 g/mol. The number of nitrogens with zero attached hydrogens (tertiary/aromatic N) is 7. The molecule has 15 nitrogen and oxygen atoms in total. The van der Waals surface area contributed by atoms with Gasteiger partial charge in [-0.25, -0.2) is 9.59 Å². The molecule has 4 aromatic carbocycles. The van der Waals surface area contributed by atoms with Crippen molar-refractivity contribution in [2.45, 2.75) is 64.2 Å². The lowest BCUT2D eigenvalue weighted by molar-refractivity contribution is -0.107. The fraction of sp³-hybridized carbons (Fsp3) is 0.383. The number of hydrogen-bond acceptors (Lipinski definition) is 13. The zero-order valence-corrected chi connectivity index (χ0v) is 44.1. The highest BCUT2D eigenvalue weighted by atomic mass is 16.5. The molecule has 0 bridgehead atoms. The Morgan fingerprint density at radius 2 is 1.11 bits per heavy atom. The molecule has 8 aromatic rings. The van der Waals surface area contributed by atoms with Gasteiger partial charge in [0.15, 0.2) is 0 Å². The van der Waals surface area contributed by atoms with Crippen LogP contribution in [-0.4, -0.2) is 116 Å². The zero-order chi connectivity index (χ0) is 52.2. The molecule has 2 aliphatic carbocycles. The first-order chi connectivity index (χ1) is 36.5. The van der Waals surface area contributed by atoms with E-state index in [9.17, 15) is 14.4 Å². The minimum Gasteiger partial charge on any atom is -0.465 e. The van der Waals surface area contributed by atoms with Crippen LogP contribution in [0.2, 0.25) is 0 Å². The molecule has 12 rings (SSSR count). The highest BCUT2D eigenvalue weighted by Gasteiger charge is 2.34. The minimum atomic E-state index is -0.296. The Bertz CT molecular complexity index is 3320. The number of nitrogens with one attached hydrogen (secondary N) is 1. The molecule has 0 atom stereocenters. The van der Waals surface area contributed by atoms with Crippen LogP contribution in [0.5, 0.6) is 0 Å². The van der Waals surface area contributed by atoms with Crippen LogP contribution in [0.4, 0.5) is 11.4 Å². The quantitative estimate of drug-likeness (QED) is 0.0862. The Morgan fingerprint density at radius 1 is 0.640 bits per heavy atom. The maximum atomic E-state index is 12.1. The van der Waals surface area contributed by atoms with Crippen molar-refractivity contribution in [1.29, 1.82) is 0 Å². The predicted octanol–water partition coefficient (Wildman–Crippen LogP) is 9.81. The second-order valence-electron chi connectivity index (χ2n) is 20.3. The summed E-state index contributed by atoms with van der Waals surface area (Å²) in [6.45, 7) is 13.2. The average Bonchev–Trinajstić information content (AvgIpc) is 4.34. The molecule has 2 saturated carbocycles. The van der Waals surface area contributed by atoms with Crippen molar-refractivity contribution < 1.29 is 32.9 Å². The Hall–Kier alpha value is -7.49.